The maximum Gasteiger partial charge on any atom is 0.419 e. The number of pyridine rings is 1. The third-order valence-corrected chi connectivity index (χ3v) is 7.20. The second-order valence-corrected chi connectivity index (χ2v) is 9.02. The van der Waals surface area contributed by atoms with Crippen molar-refractivity contribution >= 4 is 5.82 Å². The first-order chi connectivity index (χ1) is 13.7. The summed E-state index contributed by atoms with van der Waals surface area (Å²) in [6.07, 6.45) is -1.24. The molecule has 0 aromatic carbocycles. The molecule has 7 rings (SSSR count). The smallest absolute Gasteiger partial charge is 0.383 e. The largest absolute Gasteiger partial charge is 0.419 e. The van der Waals surface area contributed by atoms with Gasteiger partial charge in [0.05, 0.1) is 36.1 Å². The summed E-state index contributed by atoms with van der Waals surface area (Å²) in [7, 11) is 0. The predicted molar refractivity (Wildman–Crippen MR) is 99.0 cm³/mol. The molecule has 2 aromatic rings. The first-order valence-electron chi connectivity index (χ1n) is 10.0. The number of nitrogens with zero attached hydrogens (tertiary/aromatic N) is 4. The standard InChI is InChI=1S/C20H22F3N5O/c1-9(2)18-26-14(10-3-12(20(21,22)23)17(24)25-4-10)6-28(18)19-13-5-27(11-7-29-8-11)16(19)15(13)19/h3-4,6,9,11,13,15-16H,5,7-8H2,1-2H3,(H2,24,25)/t13-,15-,16?,19-/m1/s1. The van der Waals surface area contributed by atoms with Gasteiger partial charge in [-0.2, -0.15) is 13.2 Å². The molecule has 5 aliphatic rings. The molecule has 0 spiro atoms. The van der Waals surface area contributed by atoms with Gasteiger partial charge in [-0.15, -0.1) is 0 Å². The van der Waals surface area contributed by atoms with E-state index in [0.717, 1.165) is 31.6 Å². The van der Waals surface area contributed by atoms with Crippen molar-refractivity contribution in [2.75, 3.05) is 25.5 Å². The summed E-state index contributed by atoms with van der Waals surface area (Å²) >= 11 is 0. The summed E-state index contributed by atoms with van der Waals surface area (Å²) < 4.78 is 47.4. The Kier molecular flexibility index (Phi) is 3.24. The van der Waals surface area contributed by atoms with Crippen LogP contribution in [0.4, 0.5) is 19.0 Å². The maximum atomic E-state index is 13.3. The van der Waals surface area contributed by atoms with Crippen LogP contribution in [0.5, 0.6) is 0 Å². The maximum absolute atomic E-state index is 13.3. The van der Waals surface area contributed by atoms with Crippen molar-refractivity contribution in [2.45, 2.75) is 43.6 Å². The molecule has 0 amide bonds. The van der Waals surface area contributed by atoms with E-state index in [2.05, 4.69) is 28.3 Å². The lowest BCUT2D eigenvalue weighted by atomic mass is 10.1. The number of nitrogen functional groups attached to an aromatic ring is 1. The Labute approximate surface area is 165 Å². The van der Waals surface area contributed by atoms with E-state index in [4.69, 9.17) is 15.5 Å². The number of hydrogen-bond acceptors (Lipinski definition) is 5. The summed E-state index contributed by atoms with van der Waals surface area (Å²) in [5.74, 6) is 1.83. The molecule has 3 aliphatic heterocycles. The molecule has 5 heterocycles. The number of halogens is 3. The number of nitrogens with two attached hydrogens (primary N) is 1. The molecule has 2 bridgehead atoms. The Morgan fingerprint density at radius 3 is 2.66 bits per heavy atom. The fourth-order valence-corrected chi connectivity index (χ4v) is 5.66. The molecule has 154 valence electrons. The molecule has 4 atom stereocenters. The Morgan fingerprint density at radius 2 is 2.07 bits per heavy atom. The predicted octanol–water partition coefficient (Wildman–Crippen LogP) is 2.71. The number of ether oxygens (including phenoxy) is 1. The monoisotopic (exact) mass is 405 g/mol. The summed E-state index contributed by atoms with van der Waals surface area (Å²) in [4.78, 5) is 11.1. The number of hydrogen-bond donors (Lipinski definition) is 1. The van der Waals surface area contributed by atoms with Gasteiger partial charge in [-0.05, 0) is 6.07 Å². The zero-order valence-corrected chi connectivity index (χ0v) is 16.1. The number of anilines is 1. The molecule has 3 saturated heterocycles. The first-order valence-corrected chi connectivity index (χ1v) is 10.0. The number of fused-ring (bicyclic) bond motifs is 1. The highest BCUT2D eigenvalue weighted by Gasteiger charge is 2.94. The van der Waals surface area contributed by atoms with Crippen LogP contribution in [-0.2, 0) is 16.5 Å². The number of piperidine rings is 1. The minimum Gasteiger partial charge on any atom is -0.383 e. The average Bonchev–Trinajstić information content (AvgIpc) is 3.17. The molecule has 2 aliphatic carbocycles. The van der Waals surface area contributed by atoms with Gasteiger partial charge < -0.3 is 15.0 Å². The van der Waals surface area contributed by atoms with Crippen LogP contribution in [0.25, 0.3) is 11.3 Å². The molecule has 2 aromatic heterocycles. The molecule has 2 N–H and O–H groups in total. The van der Waals surface area contributed by atoms with Crippen LogP contribution in [-0.4, -0.2) is 51.3 Å². The van der Waals surface area contributed by atoms with E-state index in [-0.39, 0.29) is 11.5 Å². The van der Waals surface area contributed by atoms with Gasteiger partial charge in [-0.25, -0.2) is 9.97 Å². The number of rotatable bonds is 4. The minimum absolute atomic E-state index is 0.0779. The van der Waals surface area contributed by atoms with Gasteiger partial charge in [0.25, 0.3) is 0 Å². The lowest BCUT2D eigenvalue weighted by molar-refractivity contribution is -0.137. The van der Waals surface area contributed by atoms with E-state index in [9.17, 15) is 13.2 Å². The molecule has 0 radical (unpaired) electrons. The Bertz CT molecular complexity index is 1010. The highest BCUT2D eigenvalue weighted by molar-refractivity contribution is 5.63. The number of aromatic nitrogens is 3. The lowest BCUT2D eigenvalue weighted by Gasteiger charge is -2.34. The summed E-state index contributed by atoms with van der Waals surface area (Å²) in [6.45, 7) is 6.82. The van der Waals surface area contributed by atoms with Crippen LogP contribution in [0.1, 0.15) is 31.2 Å². The van der Waals surface area contributed by atoms with Gasteiger partial charge in [0.1, 0.15) is 11.6 Å². The lowest BCUT2D eigenvalue weighted by Crippen LogP contribution is -2.48. The molecular formula is C20H22F3N5O. The van der Waals surface area contributed by atoms with Gasteiger partial charge in [-0.1, -0.05) is 13.8 Å². The molecule has 1 unspecified atom stereocenters. The molecule has 29 heavy (non-hydrogen) atoms. The van der Waals surface area contributed by atoms with Crippen LogP contribution in [0.3, 0.4) is 0 Å². The zero-order valence-electron chi connectivity index (χ0n) is 16.1. The van der Waals surface area contributed by atoms with Crippen molar-refractivity contribution in [1.29, 1.82) is 0 Å². The Morgan fingerprint density at radius 1 is 1.31 bits per heavy atom. The van der Waals surface area contributed by atoms with Crippen LogP contribution in [0.15, 0.2) is 18.5 Å². The molecule has 2 saturated carbocycles. The quantitative estimate of drug-likeness (QED) is 0.847. The van der Waals surface area contributed by atoms with E-state index in [0.29, 0.717) is 35.2 Å². The zero-order chi connectivity index (χ0) is 20.3. The van der Waals surface area contributed by atoms with Gasteiger partial charge in [0.2, 0.25) is 0 Å². The molecular weight excluding hydrogens is 383 g/mol. The first kappa shape index (κ1) is 17.7. The van der Waals surface area contributed by atoms with Crippen LogP contribution in [0.2, 0.25) is 0 Å². The van der Waals surface area contributed by atoms with E-state index in [1.54, 1.807) is 0 Å². The fraction of sp³-hybridized carbons (Fsp3) is 0.600. The van der Waals surface area contributed by atoms with E-state index >= 15 is 0 Å². The average molecular weight is 405 g/mol. The van der Waals surface area contributed by atoms with Crippen molar-refractivity contribution in [3.05, 3.63) is 29.8 Å². The van der Waals surface area contributed by atoms with Gasteiger partial charge in [0.15, 0.2) is 0 Å². The van der Waals surface area contributed by atoms with Gasteiger partial charge in [-0.3, -0.25) is 4.90 Å². The van der Waals surface area contributed by atoms with Crippen molar-refractivity contribution in [2.24, 2.45) is 11.8 Å². The fourth-order valence-electron chi connectivity index (χ4n) is 5.66. The Hall–Kier alpha value is -2.13. The van der Waals surface area contributed by atoms with Crippen LogP contribution >= 0.6 is 0 Å². The number of alkyl halides is 3. The highest BCUT2D eigenvalue weighted by Crippen LogP contribution is 2.84. The second-order valence-electron chi connectivity index (χ2n) is 9.02. The molecule has 9 heteroatoms. The molecule has 5 fully saturated rings. The second kappa shape index (κ2) is 5.31. The van der Waals surface area contributed by atoms with Crippen molar-refractivity contribution in [3.63, 3.8) is 0 Å². The normalized spacial score (nSPS) is 33.1. The van der Waals surface area contributed by atoms with Crippen LogP contribution in [0, 0.1) is 11.8 Å². The Balaban J connectivity index is 1.38. The van der Waals surface area contributed by atoms with Gasteiger partial charge in [0, 0.05) is 48.3 Å². The third-order valence-electron chi connectivity index (χ3n) is 7.20. The topological polar surface area (TPSA) is 69.2 Å². The van der Waals surface area contributed by atoms with Crippen molar-refractivity contribution < 1.29 is 17.9 Å². The highest BCUT2D eigenvalue weighted by atomic mass is 19.4. The van der Waals surface area contributed by atoms with Crippen molar-refractivity contribution in [1.82, 2.24) is 19.4 Å². The van der Waals surface area contributed by atoms with Crippen molar-refractivity contribution in [3.8, 4) is 11.3 Å². The van der Waals surface area contributed by atoms with Crippen LogP contribution < -0.4 is 5.73 Å². The van der Waals surface area contributed by atoms with E-state index < -0.39 is 17.6 Å². The van der Waals surface area contributed by atoms with E-state index in [1.165, 1.54) is 6.20 Å². The summed E-state index contributed by atoms with van der Waals surface area (Å²) in [6, 6.07) is 2.08. The van der Waals surface area contributed by atoms with E-state index in [1.807, 2.05) is 6.20 Å². The summed E-state index contributed by atoms with van der Waals surface area (Å²) in [5.41, 5.74) is 5.49. The minimum atomic E-state index is -4.54. The van der Waals surface area contributed by atoms with Gasteiger partial charge >= 0.3 is 6.18 Å². The SMILES string of the molecule is CC(C)c1nc(-c2cnc(N)c(C(F)(F)F)c2)cn1[C@@]12C3[C@H]1[C@H]2CN3C1COC1. The third kappa shape index (κ3) is 2.15. The number of imidazole rings is 1. The summed E-state index contributed by atoms with van der Waals surface area (Å²) in [5, 5.41) is 0. The molecule has 6 nitrogen and oxygen atoms in total.